The third kappa shape index (κ3) is 4.21. The van der Waals surface area contributed by atoms with Crippen molar-refractivity contribution >= 4 is 23.2 Å². The van der Waals surface area contributed by atoms with Crippen LogP contribution in [0.2, 0.25) is 5.02 Å². The van der Waals surface area contributed by atoms with E-state index in [2.05, 4.69) is 5.16 Å². The molecule has 1 aliphatic carbocycles. The number of benzene rings is 2. The van der Waals surface area contributed by atoms with Gasteiger partial charge in [-0.25, -0.2) is 4.39 Å². The lowest BCUT2D eigenvalue weighted by molar-refractivity contribution is -0.276. The first-order chi connectivity index (χ1) is 16.7. The molecule has 2 aromatic carbocycles. The van der Waals surface area contributed by atoms with Crippen LogP contribution < -0.4 is 0 Å². The maximum absolute atomic E-state index is 15.2. The molecule has 2 aromatic rings. The monoisotopic (exact) mass is 534 g/mol. The van der Waals surface area contributed by atoms with Gasteiger partial charge in [-0.2, -0.15) is 26.3 Å². The molecular formula is C24H18ClF7N2O2. The van der Waals surface area contributed by atoms with Crippen LogP contribution in [0.1, 0.15) is 41.5 Å². The van der Waals surface area contributed by atoms with Crippen LogP contribution in [-0.4, -0.2) is 35.8 Å². The summed E-state index contributed by atoms with van der Waals surface area (Å²) in [6.45, 7) is -0.196. The van der Waals surface area contributed by atoms with Crippen molar-refractivity contribution in [3.8, 4) is 0 Å². The first-order valence-electron chi connectivity index (χ1n) is 11.0. The molecule has 0 spiro atoms. The van der Waals surface area contributed by atoms with Crippen LogP contribution >= 0.6 is 11.6 Å². The first-order valence-corrected chi connectivity index (χ1v) is 11.4. The van der Waals surface area contributed by atoms with Gasteiger partial charge in [-0.1, -0.05) is 41.0 Å². The Morgan fingerprint density at radius 1 is 1.00 bits per heavy atom. The van der Waals surface area contributed by atoms with E-state index < -0.39 is 46.2 Å². The maximum atomic E-state index is 15.2. The van der Waals surface area contributed by atoms with Crippen molar-refractivity contribution in [2.24, 2.45) is 11.1 Å². The van der Waals surface area contributed by atoms with Crippen LogP contribution in [0.25, 0.3) is 0 Å². The van der Waals surface area contributed by atoms with Crippen molar-refractivity contribution in [2.75, 3.05) is 13.1 Å². The lowest BCUT2D eigenvalue weighted by Gasteiger charge is -2.45. The molecule has 1 atom stereocenters. The predicted molar refractivity (Wildman–Crippen MR) is 115 cm³/mol. The third-order valence-corrected chi connectivity index (χ3v) is 6.95. The summed E-state index contributed by atoms with van der Waals surface area (Å²) in [5.74, 6) is -0.103. The number of carbonyl (C=O) groups is 1. The molecular weight excluding hydrogens is 517 g/mol. The van der Waals surface area contributed by atoms with Crippen LogP contribution in [0.5, 0.6) is 0 Å². The quantitative estimate of drug-likeness (QED) is 0.429. The fourth-order valence-electron chi connectivity index (χ4n) is 4.49. The number of halogens is 8. The fourth-order valence-corrected chi connectivity index (χ4v) is 4.73. The van der Waals surface area contributed by atoms with Gasteiger partial charge in [-0.3, -0.25) is 4.79 Å². The third-order valence-electron chi connectivity index (χ3n) is 6.73. The molecule has 1 amide bonds. The van der Waals surface area contributed by atoms with Crippen LogP contribution in [0.3, 0.4) is 0 Å². The standard InChI is InChI=1S/C24H18ClF7N2O2/c25-18-8-16(7-17(9-18)23(27,28)29)22(24(30,31)32)10-19(33-36-22)13-3-5-15(6-4-13)21(26)11-34(12-21)20(35)14-1-2-14/h3-9,14H,1-2,10-12H2. The molecule has 1 saturated carbocycles. The molecule has 1 saturated heterocycles. The van der Waals surface area contributed by atoms with Crippen molar-refractivity contribution in [3.63, 3.8) is 0 Å². The van der Waals surface area contributed by atoms with Gasteiger partial charge in [-0.05, 0) is 42.2 Å². The fraction of sp³-hybridized carbons (Fsp3) is 0.417. The average molecular weight is 535 g/mol. The van der Waals surface area contributed by atoms with Crippen molar-refractivity contribution in [2.45, 2.75) is 42.9 Å². The van der Waals surface area contributed by atoms with Gasteiger partial charge in [0.1, 0.15) is 0 Å². The molecule has 4 nitrogen and oxygen atoms in total. The number of rotatable bonds is 4. The first kappa shape index (κ1) is 24.9. The molecule has 2 aliphatic heterocycles. The smallest absolute Gasteiger partial charge is 0.374 e. The average Bonchev–Trinajstić information content (AvgIpc) is 3.52. The van der Waals surface area contributed by atoms with Gasteiger partial charge in [0.15, 0.2) is 5.67 Å². The summed E-state index contributed by atoms with van der Waals surface area (Å²) in [5, 5.41) is 3.00. The van der Waals surface area contributed by atoms with Gasteiger partial charge in [0.2, 0.25) is 5.91 Å². The second-order valence-electron chi connectivity index (χ2n) is 9.37. The number of oxime groups is 1. The van der Waals surface area contributed by atoms with E-state index in [0.29, 0.717) is 12.1 Å². The Kier molecular flexibility index (Phi) is 5.59. The van der Waals surface area contributed by atoms with E-state index in [1.54, 1.807) is 0 Å². The number of hydrogen-bond donors (Lipinski definition) is 0. The Labute approximate surface area is 205 Å². The van der Waals surface area contributed by atoms with Gasteiger partial charge in [0, 0.05) is 22.9 Å². The minimum Gasteiger partial charge on any atom is -0.374 e. The molecule has 36 heavy (non-hydrogen) atoms. The number of nitrogens with zero attached hydrogens (tertiary/aromatic N) is 2. The van der Waals surface area contributed by atoms with E-state index in [4.69, 9.17) is 16.4 Å². The zero-order valence-corrected chi connectivity index (χ0v) is 19.1. The van der Waals surface area contributed by atoms with Gasteiger partial charge in [0.05, 0.1) is 24.4 Å². The maximum Gasteiger partial charge on any atom is 0.435 e. The lowest BCUT2D eigenvalue weighted by Crippen LogP contribution is -2.59. The number of alkyl halides is 7. The molecule has 5 rings (SSSR count). The van der Waals surface area contributed by atoms with Crippen molar-refractivity contribution in [1.29, 1.82) is 0 Å². The van der Waals surface area contributed by atoms with Gasteiger partial charge in [0.25, 0.3) is 5.60 Å². The Bertz CT molecular complexity index is 1230. The second kappa shape index (κ2) is 8.09. The second-order valence-corrected chi connectivity index (χ2v) is 9.80. The Morgan fingerprint density at radius 2 is 1.64 bits per heavy atom. The van der Waals surface area contributed by atoms with Crippen LogP contribution in [0.15, 0.2) is 47.6 Å². The number of carbonyl (C=O) groups excluding carboxylic acids is 1. The predicted octanol–water partition coefficient (Wildman–Crippen LogP) is 6.36. The van der Waals surface area contributed by atoms with Gasteiger partial charge < -0.3 is 9.74 Å². The van der Waals surface area contributed by atoms with Crippen LogP contribution in [0, 0.1) is 5.92 Å². The van der Waals surface area contributed by atoms with Crippen molar-refractivity contribution < 1.29 is 40.4 Å². The SMILES string of the molecule is O=C(C1CC1)N1CC(F)(c2ccc(C3=NOC(c4cc(Cl)cc(C(F)(F)F)c4)(C(F)(F)F)C3)cc2)C1. The van der Waals surface area contributed by atoms with Gasteiger partial charge in [-0.15, -0.1) is 0 Å². The highest BCUT2D eigenvalue weighted by Gasteiger charge is 2.62. The highest BCUT2D eigenvalue weighted by molar-refractivity contribution is 6.30. The Morgan fingerprint density at radius 3 is 2.19 bits per heavy atom. The Hall–Kier alpha value is -2.82. The zero-order valence-electron chi connectivity index (χ0n) is 18.4. The van der Waals surface area contributed by atoms with E-state index in [1.807, 2.05) is 0 Å². The van der Waals surface area contributed by atoms with Crippen molar-refractivity contribution in [3.05, 3.63) is 69.7 Å². The normalized spacial score (nSPS) is 23.7. The van der Waals surface area contributed by atoms with Crippen LogP contribution in [0.4, 0.5) is 30.7 Å². The van der Waals surface area contributed by atoms with E-state index in [-0.39, 0.29) is 41.8 Å². The summed E-state index contributed by atoms with van der Waals surface area (Å²) in [4.78, 5) is 18.3. The van der Waals surface area contributed by atoms with E-state index in [0.717, 1.165) is 18.9 Å². The zero-order chi connectivity index (χ0) is 26.1. The van der Waals surface area contributed by atoms with Crippen LogP contribution in [-0.2, 0) is 27.1 Å². The molecule has 0 radical (unpaired) electrons. The molecule has 3 aliphatic rings. The summed E-state index contributed by atoms with van der Waals surface area (Å²) >= 11 is 5.71. The minimum atomic E-state index is -5.13. The van der Waals surface area contributed by atoms with Gasteiger partial charge >= 0.3 is 12.4 Å². The molecule has 1 unspecified atom stereocenters. The molecule has 0 bridgehead atoms. The topological polar surface area (TPSA) is 41.9 Å². The summed E-state index contributed by atoms with van der Waals surface area (Å²) < 4.78 is 97.4. The largest absolute Gasteiger partial charge is 0.435 e. The summed E-state index contributed by atoms with van der Waals surface area (Å²) in [6.07, 6.45) is -9.34. The molecule has 2 heterocycles. The Balaban J connectivity index is 1.37. The van der Waals surface area contributed by atoms with E-state index >= 15 is 4.39 Å². The highest BCUT2D eigenvalue weighted by atomic mass is 35.5. The summed E-state index contributed by atoms with van der Waals surface area (Å²) in [7, 11) is 0. The molecule has 12 heteroatoms. The molecule has 2 fully saturated rings. The molecule has 0 aromatic heterocycles. The minimum absolute atomic E-state index is 0.0297. The highest BCUT2D eigenvalue weighted by Crippen LogP contribution is 2.50. The van der Waals surface area contributed by atoms with Crippen molar-refractivity contribution in [1.82, 2.24) is 4.90 Å². The summed E-state index contributed by atoms with van der Waals surface area (Å²) in [5.41, 5.74) is -6.83. The van der Waals surface area contributed by atoms with E-state index in [1.165, 1.54) is 29.2 Å². The number of amides is 1. The number of hydrogen-bond acceptors (Lipinski definition) is 3. The lowest BCUT2D eigenvalue weighted by atomic mass is 9.84. The summed E-state index contributed by atoms with van der Waals surface area (Å²) in [6, 6.07) is 7.17. The van der Waals surface area contributed by atoms with E-state index in [9.17, 15) is 31.1 Å². The molecule has 192 valence electrons. The molecule has 0 N–H and O–H groups in total. The number of likely N-dealkylation sites (tertiary alicyclic amines) is 1.